The smallest absolute Gasteiger partial charge is 0.298 e. The normalized spacial score (nSPS) is 10.3. The number of nitrogens with zero attached hydrogens (tertiary/aromatic N) is 1. The third-order valence-corrected chi connectivity index (χ3v) is 3.11. The van der Waals surface area contributed by atoms with Gasteiger partial charge in [-0.1, -0.05) is 36.4 Å². The molecule has 2 N–H and O–H groups in total. The lowest BCUT2D eigenvalue weighted by Crippen LogP contribution is -2.37. The van der Waals surface area contributed by atoms with Gasteiger partial charge in [-0.3, -0.25) is 25.0 Å². The Bertz CT molecular complexity index is 793. The summed E-state index contributed by atoms with van der Waals surface area (Å²) in [6, 6.07) is 18.3. The Kier molecular flexibility index (Phi) is 3.39. The van der Waals surface area contributed by atoms with Crippen LogP contribution in [0.2, 0.25) is 0 Å². The third kappa shape index (κ3) is 2.62. The number of carbonyl (C=O) groups is 2. The maximum absolute atomic E-state index is 12.2. The van der Waals surface area contributed by atoms with Crippen molar-refractivity contribution in [2.75, 3.05) is 5.43 Å². The van der Waals surface area contributed by atoms with Gasteiger partial charge in [0, 0.05) is 11.6 Å². The van der Waals surface area contributed by atoms with Crippen LogP contribution in [0.25, 0.3) is 10.9 Å². The molecule has 0 spiro atoms. The molecule has 0 aliphatic carbocycles. The van der Waals surface area contributed by atoms with E-state index < -0.39 is 11.8 Å². The maximum atomic E-state index is 12.2. The summed E-state index contributed by atoms with van der Waals surface area (Å²) >= 11 is 0. The van der Waals surface area contributed by atoms with Crippen LogP contribution in [0.15, 0.2) is 66.9 Å². The van der Waals surface area contributed by atoms with E-state index >= 15 is 0 Å². The number of carbonyl (C=O) groups excluding carboxylic acids is 2. The number of rotatable bonds is 2. The number of anilines is 1. The Labute approximate surface area is 121 Å². The fourth-order valence-corrected chi connectivity index (χ4v) is 2.07. The Morgan fingerprint density at radius 1 is 0.857 bits per heavy atom. The molecule has 0 aliphatic rings. The van der Waals surface area contributed by atoms with Crippen molar-refractivity contribution in [1.29, 1.82) is 0 Å². The van der Waals surface area contributed by atoms with Crippen LogP contribution in [0.3, 0.4) is 0 Å². The minimum absolute atomic E-state index is 0.639. The second-order valence-corrected chi connectivity index (χ2v) is 4.49. The zero-order valence-electron chi connectivity index (χ0n) is 11.1. The fraction of sp³-hybridized carbons (Fsp3) is 0. The molecule has 5 heteroatoms. The summed E-state index contributed by atoms with van der Waals surface area (Å²) in [7, 11) is 0. The SMILES string of the molecule is O=C(NNc1ccccc1)C(=O)n1ccc2ccccc21. The third-order valence-electron chi connectivity index (χ3n) is 3.11. The van der Waals surface area contributed by atoms with Gasteiger partial charge in [0.1, 0.15) is 0 Å². The first-order valence-corrected chi connectivity index (χ1v) is 6.47. The van der Waals surface area contributed by atoms with Crippen molar-refractivity contribution in [3.05, 3.63) is 66.9 Å². The number of aromatic nitrogens is 1. The summed E-state index contributed by atoms with van der Waals surface area (Å²) in [4.78, 5) is 24.1. The number of nitrogens with one attached hydrogen (secondary N) is 2. The highest BCUT2D eigenvalue weighted by Gasteiger charge is 2.17. The van der Waals surface area contributed by atoms with Gasteiger partial charge >= 0.3 is 11.8 Å². The van der Waals surface area contributed by atoms with Gasteiger partial charge in [-0.25, -0.2) is 0 Å². The molecule has 0 unspecified atom stereocenters. The number of hydrazine groups is 1. The lowest BCUT2D eigenvalue weighted by molar-refractivity contribution is -0.117. The zero-order valence-corrected chi connectivity index (χ0v) is 11.1. The molecule has 3 rings (SSSR count). The first-order chi connectivity index (χ1) is 10.3. The molecular formula is C16H13N3O2. The summed E-state index contributed by atoms with van der Waals surface area (Å²) in [5, 5.41) is 0.912. The summed E-state index contributed by atoms with van der Waals surface area (Å²) in [6.07, 6.45) is 1.59. The van der Waals surface area contributed by atoms with Gasteiger partial charge in [0.05, 0.1) is 11.2 Å². The first kappa shape index (κ1) is 12.9. The molecule has 21 heavy (non-hydrogen) atoms. The van der Waals surface area contributed by atoms with E-state index in [0.717, 1.165) is 5.39 Å². The molecule has 1 aromatic heterocycles. The molecule has 0 atom stereocenters. The average Bonchev–Trinajstić information content (AvgIpc) is 2.97. The van der Waals surface area contributed by atoms with E-state index in [9.17, 15) is 9.59 Å². The predicted octanol–water partition coefficient (Wildman–Crippen LogP) is 2.42. The first-order valence-electron chi connectivity index (χ1n) is 6.47. The molecule has 5 nitrogen and oxygen atoms in total. The quantitative estimate of drug-likeness (QED) is 0.559. The molecule has 0 fully saturated rings. The Morgan fingerprint density at radius 2 is 1.57 bits per heavy atom. The van der Waals surface area contributed by atoms with E-state index in [-0.39, 0.29) is 0 Å². The highest BCUT2D eigenvalue weighted by molar-refractivity contribution is 6.37. The number of benzene rings is 2. The van der Waals surface area contributed by atoms with Crippen LogP contribution < -0.4 is 10.9 Å². The van der Waals surface area contributed by atoms with Crippen LogP contribution in [-0.2, 0) is 4.79 Å². The van der Waals surface area contributed by atoms with Gasteiger partial charge < -0.3 is 0 Å². The number of hydrogen-bond donors (Lipinski definition) is 2. The molecule has 104 valence electrons. The van der Waals surface area contributed by atoms with Crippen LogP contribution >= 0.6 is 0 Å². The van der Waals surface area contributed by atoms with Gasteiger partial charge in [0.25, 0.3) is 0 Å². The molecule has 2 aromatic carbocycles. The van der Waals surface area contributed by atoms with E-state index in [1.165, 1.54) is 4.57 Å². The van der Waals surface area contributed by atoms with Crippen LogP contribution in [-0.4, -0.2) is 16.4 Å². The summed E-state index contributed by atoms with van der Waals surface area (Å²) in [6.45, 7) is 0. The van der Waals surface area contributed by atoms with Crippen molar-refractivity contribution < 1.29 is 9.59 Å². The van der Waals surface area contributed by atoms with Crippen molar-refractivity contribution in [1.82, 2.24) is 9.99 Å². The lowest BCUT2D eigenvalue weighted by Gasteiger charge is -2.08. The standard InChI is InChI=1S/C16H13N3O2/c20-15(18-17-13-7-2-1-3-8-13)16(21)19-11-10-12-6-4-5-9-14(12)19/h1-11,17H,(H,18,20). The zero-order chi connectivity index (χ0) is 14.7. The van der Waals surface area contributed by atoms with Gasteiger partial charge in [0.2, 0.25) is 0 Å². The van der Waals surface area contributed by atoms with Crippen LogP contribution in [0.1, 0.15) is 4.79 Å². The Balaban J connectivity index is 1.74. The van der Waals surface area contributed by atoms with Gasteiger partial charge in [-0.15, -0.1) is 0 Å². The average molecular weight is 279 g/mol. The molecule has 0 saturated carbocycles. The summed E-state index contributed by atoms with van der Waals surface area (Å²) in [5.41, 5.74) is 6.50. The highest BCUT2D eigenvalue weighted by Crippen LogP contribution is 2.14. The van der Waals surface area contributed by atoms with Crippen LogP contribution in [0.4, 0.5) is 5.69 Å². The van der Waals surface area contributed by atoms with Gasteiger partial charge in [-0.2, -0.15) is 0 Å². The van der Waals surface area contributed by atoms with E-state index in [2.05, 4.69) is 10.9 Å². The maximum Gasteiger partial charge on any atom is 0.328 e. The van der Waals surface area contributed by atoms with E-state index in [4.69, 9.17) is 0 Å². The number of amides is 1. The van der Waals surface area contributed by atoms with E-state index in [0.29, 0.717) is 11.2 Å². The summed E-state index contributed by atoms with van der Waals surface area (Å²) < 4.78 is 1.33. The van der Waals surface area contributed by atoms with Crippen molar-refractivity contribution in [2.45, 2.75) is 0 Å². The number of fused-ring (bicyclic) bond motifs is 1. The summed E-state index contributed by atoms with van der Waals surface area (Å²) in [5.74, 6) is -1.36. The largest absolute Gasteiger partial charge is 0.328 e. The Hall–Kier alpha value is -3.08. The van der Waals surface area contributed by atoms with Gasteiger partial charge in [-0.05, 0) is 24.3 Å². The fourth-order valence-electron chi connectivity index (χ4n) is 2.07. The van der Waals surface area contributed by atoms with Crippen molar-refractivity contribution in [3.63, 3.8) is 0 Å². The topological polar surface area (TPSA) is 63.1 Å². The molecule has 3 aromatic rings. The minimum atomic E-state index is -0.722. The second-order valence-electron chi connectivity index (χ2n) is 4.49. The van der Waals surface area contributed by atoms with E-state index in [1.54, 1.807) is 30.5 Å². The van der Waals surface area contributed by atoms with Crippen LogP contribution in [0.5, 0.6) is 0 Å². The molecule has 0 bridgehead atoms. The number of para-hydroxylation sites is 2. The van der Waals surface area contributed by atoms with Gasteiger partial charge in [0.15, 0.2) is 0 Å². The molecule has 1 amide bonds. The van der Waals surface area contributed by atoms with Crippen molar-refractivity contribution >= 4 is 28.4 Å². The molecule has 1 heterocycles. The molecular weight excluding hydrogens is 266 g/mol. The minimum Gasteiger partial charge on any atom is -0.298 e. The Morgan fingerprint density at radius 3 is 2.38 bits per heavy atom. The van der Waals surface area contributed by atoms with Crippen molar-refractivity contribution in [2.24, 2.45) is 0 Å². The lowest BCUT2D eigenvalue weighted by atomic mass is 10.2. The molecule has 0 radical (unpaired) electrons. The van der Waals surface area contributed by atoms with E-state index in [1.807, 2.05) is 36.4 Å². The predicted molar refractivity (Wildman–Crippen MR) is 80.8 cm³/mol. The van der Waals surface area contributed by atoms with Crippen LogP contribution in [0, 0.1) is 0 Å². The molecule has 0 saturated heterocycles. The van der Waals surface area contributed by atoms with Crippen molar-refractivity contribution in [3.8, 4) is 0 Å². The number of hydrogen-bond acceptors (Lipinski definition) is 3. The molecule has 0 aliphatic heterocycles. The highest BCUT2D eigenvalue weighted by atomic mass is 16.2. The monoisotopic (exact) mass is 279 g/mol. The second kappa shape index (κ2) is 5.50.